The Hall–Kier alpha value is -1.35. The van der Waals surface area contributed by atoms with Gasteiger partial charge >= 0.3 is 0 Å². The molecule has 0 aromatic heterocycles. The molecule has 0 spiro atoms. The number of nitrogens with one attached hydrogen (secondary N) is 1. The molecule has 14 heavy (non-hydrogen) atoms. The molecule has 3 heteroatoms. The monoisotopic (exact) mass is 195 g/mol. The van der Waals surface area contributed by atoms with Crippen LogP contribution in [-0.2, 0) is 0 Å². The number of ether oxygens (including phenoxy) is 1. The van der Waals surface area contributed by atoms with Gasteiger partial charge in [0.15, 0.2) is 11.6 Å². The van der Waals surface area contributed by atoms with Crippen molar-refractivity contribution in [3.8, 4) is 5.75 Å². The minimum atomic E-state index is -0.334. The second-order valence-corrected chi connectivity index (χ2v) is 2.85. The Bertz CT molecular complexity index is 323. The highest BCUT2D eigenvalue weighted by atomic mass is 19.1. The van der Waals surface area contributed by atoms with E-state index in [9.17, 15) is 4.39 Å². The van der Waals surface area contributed by atoms with Crippen molar-refractivity contribution in [1.29, 1.82) is 0 Å². The Morgan fingerprint density at radius 2 is 2.29 bits per heavy atom. The van der Waals surface area contributed by atoms with Crippen molar-refractivity contribution in [3.63, 3.8) is 0 Å². The molecule has 0 aliphatic carbocycles. The van der Waals surface area contributed by atoms with Crippen LogP contribution in [0.15, 0.2) is 24.3 Å². The lowest BCUT2D eigenvalue weighted by Gasteiger charge is -2.01. The Labute approximate surface area is 83.4 Å². The van der Waals surface area contributed by atoms with Crippen molar-refractivity contribution in [3.05, 3.63) is 35.7 Å². The van der Waals surface area contributed by atoms with Gasteiger partial charge in [0.1, 0.15) is 0 Å². The first-order valence-corrected chi connectivity index (χ1v) is 4.42. The molecule has 1 N–H and O–H groups in total. The van der Waals surface area contributed by atoms with Crippen LogP contribution in [0.3, 0.4) is 0 Å². The first kappa shape index (κ1) is 10.7. The summed E-state index contributed by atoms with van der Waals surface area (Å²) in [4.78, 5) is 0. The molecular weight excluding hydrogens is 181 g/mol. The minimum Gasteiger partial charge on any atom is -0.494 e. The average molecular weight is 195 g/mol. The van der Waals surface area contributed by atoms with E-state index in [0.29, 0.717) is 0 Å². The third kappa shape index (κ3) is 2.85. The van der Waals surface area contributed by atoms with E-state index < -0.39 is 0 Å². The van der Waals surface area contributed by atoms with E-state index in [1.165, 1.54) is 13.2 Å². The summed E-state index contributed by atoms with van der Waals surface area (Å²) in [6.45, 7) is 0.771. The zero-order chi connectivity index (χ0) is 10.4. The maximum absolute atomic E-state index is 13.2. The summed E-state index contributed by atoms with van der Waals surface area (Å²) in [5.74, 6) is -0.0603. The number of benzene rings is 1. The first-order chi connectivity index (χ1) is 6.77. The van der Waals surface area contributed by atoms with Crippen molar-refractivity contribution in [1.82, 2.24) is 5.32 Å². The van der Waals surface area contributed by atoms with Gasteiger partial charge in [0.2, 0.25) is 0 Å². The second-order valence-electron chi connectivity index (χ2n) is 2.85. The molecule has 1 aromatic carbocycles. The van der Waals surface area contributed by atoms with E-state index in [2.05, 4.69) is 5.32 Å². The molecule has 0 saturated heterocycles. The number of rotatable bonds is 4. The minimum absolute atomic E-state index is 0.274. The van der Waals surface area contributed by atoms with Crippen molar-refractivity contribution in [2.45, 2.75) is 0 Å². The molecule has 0 unspecified atom stereocenters. The molecule has 1 rings (SSSR count). The molecule has 0 atom stereocenters. The summed E-state index contributed by atoms with van der Waals surface area (Å²) in [5, 5.41) is 2.97. The summed E-state index contributed by atoms with van der Waals surface area (Å²) in [6.07, 6.45) is 3.79. The lowest BCUT2D eigenvalue weighted by atomic mass is 10.2. The Balaban J connectivity index is 2.76. The highest BCUT2D eigenvalue weighted by Crippen LogP contribution is 2.18. The molecule has 0 bridgehead atoms. The molecule has 0 aliphatic heterocycles. The van der Waals surface area contributed by atoms with E-state index in [-0.39, 0.29) is 11.6 Å². The molecule has 0 heterocycles. The topological polar surface area (TPSA) is 21.3 Å². The van der Waals surface area contributed by atoms with Gasteiger partial charge in [0.25, 0.3) is 0 Å². The lowest BCUT2D eigenvalue weighted by Crippen LogP contribution is -2.03. The van der Waals surface area contributed by atoms with Crippen LogP contribution in [0.2, 0.25) is 0 Å². The Morgan fingerprint density at radius 1 is 1.50 bits per heavy atom. The molecular formula is C11H14FNO. The third-order valence-electron chi connectivity index (χ3n) is 1.81. The molecule has 0 radical (unpaired) electrons. The van der Waals surface area contributed by atoms with Gasteiger partial charge in [-0.25, -0.2) is 4.39 Å². The van der Waals surface area contributed by atoms with Crippen LogP contribution < -0.4 is 10.1 Å². The van der Waals surface area contributed by atoms with E-state index >= 15 is 0 Å². The van der Waals surface area contributed by atoms with Gasteiger partial charge in [-0.15, -0.1) is 0 Å². The van der Waals surface area contributed by atoms with Crippen LogP contribution in [0.4, 0.5) is 4.39 Å². The largest absolute Gasteiger partial charge is 0.494 e. The fourth-order valence-corrected chi connectivity index (χ4v) is 1.10. The van der Waals surface area contributed by atoms with Crippen LogP contribution in [0.5, 0.6) is 5.75 Å². The van der Waals surface area contributed by atoms with Gasteiger partial charge in [-0.05, 0) is 24.7 Å². The summed E-state index contributed by atoms with van der Waals surface area (Å²) >= 11 is 0. The van der Waals surface area contributed by atoms with E-state index in [4.69, 9.17) is 4.74 Å². The SMILES string of the molecule is CNCC=Cc1ccc(OC)c(F)c1. The second kappa shape index (κ2) is 5.40. The first-order valence-electron chi connectivity index (χ1n) is 4.42. The van der Waals surface area contributed by atoms with Gasteiger partial charge in [0, 0.05) is 6.54 Å². The fraction of sp³-hybridized carbons (Fsp3) is 0.273. The molecule has 0 aliphatic rings. The molecule has 2 nitrogen and oxygen atoms in total. The smallest absolute Gasteiger partial charge is 0.165 e. The van der Waals surface area contributed by atoms with Crippen LogP contribution in [-0.4, -0.2) is 20.7 Å². The summed E-state index contributed by atoms with van der Waals surface area (Å²) in [7, 11) is 3.31. The number of methoxy groups -OCH3 is 1. The Morgan fingerprint density at radius 3 is 2.86 bits per heavy atom. The number of hydrogen-bond donors (Lipinski definition) is 1. The lowest BCUT2D eigenvalue weighted by molar-refractivity contribution is 0.386. The number of likely N-dealkylation sites (N-methyl/N-ethyl adjacent to an activating group) is 1. The highest BCUT2D eigenvalue weighted by molar-refractivity contribution is 5.51. The number of halogens is 1. The quantitative estimate of drug-likeness (QED) is 0.794. The van der Waals surface area contributed by atoms with Crippen LogP contribution in [0.1, 0.15) is 5.56 Å². The average Bonchev–Trinajstić information content (AvgIpc) is 2.18. The van der Waals surface area contributed by atoms with Crippen LogP contribution >= 0.6 is 0 Å². The molecule has 1 aromatic rings. The van der Waals surface area contributed by atoms with Gasteiger partial charge in [-0.3, -0.25) is 0 Å². The van der Waals surface area contributed by atoms with Crippen LogP contribution in [0.25, 0.3) is 6.08 Å². The maximum atomic E-state index is 13.2. The third-order valence-corrected chi connectivity index (χ3v) is 1.81. The molecule has 76 valence electrons. The van der Waals surface area contributed by atoms with Crippen molar-refractivity contribution < 1.29 is 9.13 Å². The summed E-state index contributed by atoms with van der Waals surface area (Å²) < 4.78 is 18.0. The molecule has 0 saturated carbocycles. The van der Waals surface area contributed by atoms with E-state index in [1.54, 1.807) is 6.07 Å². The van der Waals surface area contributed by atoms with Crippen molar-refractivity contribution >= 4 is 6.08 Å². The zero-order valence-corrected chi connectivity index (χ0v) is 8.38. The van der Waals surface area contributed by atoms with E-state index in [0.717, 1.165) is 12.1 Å². The maximum Gasteiger partial charge on any atom is 0.165 e. The predicted molar refractivity (Wildman–Crippen MR) is 55.9 cm³/mol. The normalized spacial score (nSPS) is 10.8. The summed E-state index contributed by atoms with van der Waals surface area (Å²) in [5.41, 5.74) is 0.832. The van der Waals surface area contributed by atoms with Crippen LogP contribution in [0, 0.1) is 5.82 Å². The van der Waals surface area contributed by atoms with E-state index in [1.807, 2.05) is 25.3 Å². The van der Waals surface area contributed by atoms with Gasteiger partial charge in [-0.1, -0.05) is 18.2 Å². The van der Waals surface area contributed by atoms with Crippen molar-refractivity contribution in [2.75, 3.05) is 20.7 Å². The molecule has 0 amide bonds. The molecule has 0 fully saturated rings. The zero-order valence-electron chi connectivity index (χ0n) is 8.38. The van der Waals surface area contributed by atoms with Gasteiger partial charge < -0.3 is 10.1 Å². The number of hydrogen-bond acceptors (Lipinski definition) is 2. The Kier molecular flexibility index (Phi) is 4.13. The van der Waals surface area contributed by atoms with Gasteiger partial charge in [0.05, 0.1) is 7.11 Å². The fourth-order valence-electron chi connectivity index (χ4n) is 1.10. The van der Waals surface area contributed by atoms with Gasteiger partial charge in [-0.2, -0.15) is 0 Å². The standard InChI is InChI=1S/C11H14FNO/c1-13-7-3-4-9-5-6-11(14-2)10(12)8-9/h3-6,8,13H,7H2,1-2H3. The summed E-state index contributed by atoms with van der Waals surface area (Å²) in [6, 6.07) is 4.88. The van der Waals surface area contributed by atoms with Crippen molar-refractivity contribution in [2.24, 2.45) is 0 Å². The highest BCUT2D eigenvalue weighted by Gasteiger charge is 2.00. The predicted octanol–water partition coefficient (Wildman–Crippen LogP) is 2.07.